The molecule has 2 heterocycles. The molecule has 3 aromatic rings. The fraction of sp³-hybridized carbons (Fsp3) is 0.217. The molecule has 2 aromatic carbocycles. The Labute approximate surface area is 208 Å². The van der Waals surface area contributed by atoms with Crippen LogP contribution in [0.5, 0.6) is 0 Å². The summed E-state index contributed by atoms with van der Waals surface area (Å²) in [7, 11) is -7.99. The van der Waals surface area contributed by atoms with Crippen molar-refractivity contribution in [1.82, 2.24) is 14.0 Å². The number of hydrazone groups is 1. The summed E-state index contributed by atoms with van der Waals surface area (Å²) in [5, 5.41) is 5.87. The zero-order valence-corrected chi connectivity index (χ0v) is 21.3. The molecule has 1 aliphatic rings. The number of thiophene rings is 1. The van der Waals surface area contributed by atoms with Gasteiger partial charge in [0, 0.05) is 24.5 Å². The van der Waals surface area contributed by atoms with Crippen LogP contribution in [0.3, 0.4) is 0 Å². The molecule has 1 aromatic heterocycles. The van der Waals surface area contributed by atoms with Gasteiger partial charge in [-0.1, -0.05) is 36.4 Å². The second kappa shape index (κ2) is 10.4. The highest BCUT2D eigenvalue weighted by atomic mass is 32.2. The SMILES string of the molecule is Cc1ccsc1/C=N\NC(=O)[C@@H]1CN(S(=O)(=O)c2ccccc2)CCN1S(=O)(=O)c1ccccc1. The van der Waals surface area contributed by atoms with Gasteiger partial charge in [-0.05, 0) is 48.2 Å². The predicted molar refractivity (Wildman–Crippen MR) is 134 cm³/mol. The molecular weight excluding hydrogens is 508 g/mol. The number of aryl methyl sites for hydroxylation is 1. The molecule has 1 N–H and O–H groups in total. The molecular formula is C23H24N4O5S3. The molecule has 1 amide bonds. The molecule has 1 atom stereocenters. The number of hydrogen-bond donors (Lipinski definition) is 1. The lowest BCUT2D eigenvalue weighted by molar-refractivity contribution is -0.125. The zero-order valence-electron chi connectivity index (χ0n) is 18.8. The maximum atomic E-state index is 13.4. The highest BCUT2D eigenvalue weighted by molar-refractivity contribution is 7.89. The molecule has 9 nitrogen and oxygen atoms in total. The minimum Gasteiger partial charge on any atom is -0.271 e. The molecule has 4 rings (SSSR count). The van der Waals surface area contributed by atoms with Gasteiger partial charge in [0.1, 0.15) is 6.04 Å². The van der Waals surface area contributed by atoms with E-state index in [9.17, 15) is 21.6 Å². The van der Waals surface area contributed by atoms with Gasteiger partial charge in [0.25, 0.3) is 5.91 Å². The first-order valence-electron chi connectivity index (χ1n) is 10.7. The van der Waals surface area contributed by atoms with Crippen LogP contribution in [-0.4, -0.2) is 63.2 Å². The Morgan fingerprint density at radius 3 is 2.11 bits per heavy atom. The first kappa shape index (κ1) is 25.2. The van der Waals surface area contributed by atoms with Crippen LogP contribution < -0.4 is 5.43 Å². The Hall–Kier alpha value is -2.90. The topological polar surface area (TPSA) is 116 Å². The van der Waals surface area contributed by atoms with Crippen molar-refractivity contribution in [3.05, 3.63) is 82.6 Å². The van der Waals surface area contributed by atoms with E-state index < -0.39 is 32.0 Å². The molecule has 1 fully saturated rings. The number of benzene rings is 2. The van der Waals surface area contributed by atoms with Crippen LogP contribution in [0.15, 0.2) is 87.0 Å². The van der Waals surface area contributed by atoms with Gasteiger partial charge in [-0.3, -0.25) is 4.79 Å². The van der Waals surface area contributed by atoms with Crippen molar-refractivity contribution in [2.45, 2.75) is 22.8 Å². The number of amides is 1. The fourth-order valence-corrected chi connectivity index (χ4v) is 7.51. The third kappa shape index (κ3) is 5.36. The third-order valence-corrected chi connectivity index (χ3v) is 10.3. The van der Waals surface area contributed by atoms with E-state index in [0.717, 1.165) is 19.1 Å². The summed E-state index contributed by atoms with van der Waals surface area (Å²) >= 11 is 1.45. The Bertz CT molecular complexity index is 1420. The van der Waals surface area contributed by atoms with Crippen molar-refractivity contribution < 1.29 is 21.6 Å². The lowest BCUT2D eigenvalue weighted by Crippen LogP contribution is -2.60. The van der Waals surface area contributed by atoms with E-state index in [0.29, 0.717) is 0 Å². The van der Waals surface area contributed by atoms with Crippen LogP contribution in [0.25, 0.3) is 0 Å². The van der Waals surface area contributed by atoms with Gasteiger partial charge in [-0.15, -0.1) is 11.3 Å². The van der Waals surface area contributed by atoms with Gasteiger partial charge in [0.2, 0.25) is 20.0 Å². The van der Waals surface area contributed by atoms with Crippen LogP contribution >= 0.6 is 11.3 Å². The van der Waals surface area contributed by atoms with E-state index in [-0.39, 0.29) is 29.4 Å². The van der Waals surface area contributed by atoms with Gasteiger partial charge in [-0.2, -0.15) is 13.7 Å². The average molecular weight is 533 g/mol. The van der Waals surface area contributed by atoms with Crippen LogP contribution in [-0.2, 0) is 24.8 Å². The summed E-state index contributed by atoms with van der Waals surface area (Å²) in [6.45, 7) is 1.28. The molecule has 35 heavy (non-hydrogen) atoms. The van der Waals surface area contributed by atoms with Gasteiger partial charge in [-0.25, -0.2) is 22.3 Å². The number of sulfonamides is 2. The van der Waals surface area contributed by atoms with E-state index in [2.05, 4.69) is 10.5 Å². The molecule has 1 saturated heterocycles. The van der Waals surface area contributed by atoms with E-state index in [4.69, 9.17) is 0 Å². The van der Waals surface area contributed by atoms with Crippen LogP contribution in [0, 0.1) is 6.92 Å². The van der Waals surface area contributed by atoms with E-state index in [1.54, 1.807) is 36.4 Å². The lowest BCUT2D eigenvalue weighted by Gasteiger charge is -2.38. The minimum absolute atomic E-state index is 0.0230. The Kier molecular flexibility index (Phi) is 7.47. The monoisotopic (exact) mass is 532 g/mol. The average Bonchev–Trinajstić information content (AvgIpc) is 3.29. The van der Waals surface area contributed by atoms with Gasteiger partial charge in [0.05, 0.1) is 16.0 Å². The highest BCUT2D eigenvalue weighted by Crippen LogP contribution is 2.25. The Morgan fingerprint density at radius 2 is 1.54 bits per heavy atom. The molecule has 0 saturated carbocycles. The first-order valence-corrected chi connectivity index (χ1v) is 14.5. The molecule has 12 heteroatoms. The van der Waals surface area contributed by atoms with E-state index in [1.807, 2.05) is 18.4 Å². The summed E-state index contributed by atoms with van der Waals surface area (Å²) in [4.78, 5) is 14.1. The second-order valence-corrected chi connectivity index (χ2v) is 12.6. The normalized spacial score (nSPS) is 18.0. The smallest absolute Gasteiger partial charge is 0.259 e. The second-order valence-electron chi connectivity index (χ2n) is 7.82. The van der Waals surface area contributed by atoms with Crippen LogP contribution in [0.1, 0.15) is 10.4 Å². The van der Waals surface area contributed by atoms with Crippen LogP contribution in [0.4, 0.5) is 0 Å². The Balaban J connectivity index is 1.63. The van der Waals surface area contributed by atoms with Crippen molar-refractivity contribution in [3.8, 4) is 0 Å². The number of piperazine rings is 1. The number of hydrogen-bond acceptors (Lipinski definition) is 7. The van der Waals surface area contributed by atoms with E-state index in [1.165, 1.54) is 41.8 Å². The largest absolute Gasteiger partial charge is 0.271 e. The fourth-order valence-electron chi connectivity index (χ4n) is 3.68. The molecule has 1 aliphatic heterocycles. The maximum absolute atomic E-state index is 13.4. The molecule has 0 unspecified atom stereocenters. The summed E-state index contributed by atoms with van der Waals surface area (Å²) in [6.07, 6.45) is 1.48. The van der Waals surface area contributed by atoms with Crippen molar-refractivity contribution in [2.75, 3.05) is 19.6 Å². The van der Waals surface area contributed by atoms with Crippen LogP contribution in [0.2, 0.25) is 0 Å². The first-order chi connectivity index (χ1) is 16.7. The summed E-state index contributed by atoms with van der Waals surface area (Å²) in [5.41, 5.74) is 3.38. The van der Waals surface area contributed by atoms with Gasteiger partial charge in [0.15, 0.2) is 0 Å². The van der Waals surface area contributed by atoms with Gasteiger partial charge < -0.3 is 0 Å². The summed E-state index contributed by atoms with van der Waals surface area (Å²) in [5.74, 6) is -0.720. The minimum atomic E-state index is -4.06. The predicted octanol–water partition coefficient (Wildman–Crippen LogP) is 2.27. The number of carbonyl (C=O) groups is 1. The maximum Gasteiger partial charge on any atom is 0.259 e. The quantitative estimate of drug-likeness (QED) is 0.370. The third-order valence-electron chi connectivity index (χ3n) is 5.59. The Morgan fingerprint density at radius 1 is 0.943 bits per heavy atom. The number of carbonyl (C=O) groups excluding carboxylic acids is 1. The van der Waals surface area contributed by atoms with Crippen molar-refractivity contribution >= 4 is 43.5 Å². The van der Waals surface area contributed by atoms with Crippen molar-refractivity contribution in [2.24, 2.45) is 5.10 Å². The molecule has 0 aliphatic carbocycles. The number of nitrogens with zero attached hydrogens (tertiary/aromatic N) is 3. The highest BCUT2D eigenvalue weighted by Gasteiger charge is 2.43. The number of nitrogens with one attached hydrogen (secondary N) is 1. The molecule has 0 radical (unpaired) electrons. The summed E-state index contributed by atoms with van der Waals surface area (Å²) in [6, 6.07) is 16.2. The lowest BCUT2D eigenvalue weighted by atomic mass is 10.2. The van der Waals surface area contributed by atoms with E-state index >= 15 is 0 Å². The molecule has 184 valence electrons. The molecule has 0 spiro atoms. The van der Waals surface area contributed by atoms with Crippen molar-refractivity contribution in [3.63, 3.8) is 0 Å². The van der Waals surface area contributed by atoms with Gasteiger partial charge >= 0.3 is 0 Å². The number of rotatable bonds is 7. The summed E-state index contributed by atoms with van der Waals surface area (Å²) < 4.78 is 55.3. The standard InChI is InChI=1S/C23H24N4O5S3/c1-18-12-15-33-22(18)16-24-25-23(28)21-17-26(34(29,30)19-8-4-2-5-9-19)13-14-27(21)35(31,32)20-10-6-3-7-11-20/h2-12,15-16,21H,13-14,17H2,1H3,(H,25,28)/b24-16-/t21-/m0/s1. The zero-order chi connectivity index (χ0) is 25.1. The van der Waals surface area contributed by atoms with Crippen molar-refractivity contribution in [1.29, 1.82) is 0 Å². The molecule has 0 bridgehead atoms.